The van der Waals surface area contributed by atoms with Crippen LogP contribution in [0.15, 0.2) is 29.6 Å². The molecule has 0 atom stereocenters. The summed E-state index contributed by atoms with van der Waals surface area (Å²) in [5.74, 6) is -0.478. The lowest BCUT2D eigenvalue weighted by Gasteiger charge is -2.05. The summed E-state index contributed by atoms with van der Waals surface area (Å²) in [5, 5.41) is 8.79. The molecule has 25 heavy (non-hydrogen) atoms. The minimum absolute atomic E-state index is 0.150. The minimum Gasteiger partial charge on any atom is -0.462 e. The number of hydrogen-bond donors (Lipinski definition) is 1. The fourth-order valence-electron chi connectivity index (χ4n) is 2.71. The highest BCUT2D eigenvalue weighted by molar-refractivity contribution is 7.99. The first-order chi connectivity index (χ1) is 12.0. The number of aryl methyl sites for hydroxylation is 2. The monoisotopic (exact) mass is 358 g/mol. The van der Waals surface area contributed by atoms with Crippen molar-refractivity contribution in [2.24, 2.45) is 0 Å². The lowest BCUT2D eigenvalue weighted by molar-refractivity contribution is 0.0522. The molecule has 3 aromatic heterocycles. The molecule has 0 aromatic carbocycles. The van der Waals surface area contributed by atoms with Gasteiger partial charge < -0.3 is 9.72 Å². The number of nitrogens with one attached hydrogen (secondary N) is 1. The van der Waals surface area contributed by atoms with Crippen molar-refractivity contribution < 1.29 is 14.3 Å². The summed E-state index contributed by atoms with van der Waals surface area (Å²) in [5.41, 5.74) is 2.72. The lowest BCUT2D eigenvalue weighted by atomic mass is 10.1. The number of aromatic amines is 1. The van der Waals surface area contributed by atoms with Gasteiger partial charge in [0, 0.05) is 17.6 Å². The highest BCUT2D eigenvalue weighted by atomic mass is 32.2. The Labute approximate surface area is 148 Å². The molecular formula is C17H18N4O3S. The molecule has 0 spiro atoms. The third-order valence-corrected chi connectivity index (χ3v) is 4.69. The number of carbonyl (C=O) groups is 2. The average molecular weight is 358 g/mol. The van der Waals surface area contributed by atoms with E-state index in [1.165, 1.54) is 11.8 Å². The molecule has 0 unspecified atom stereocenters. The second-order valence-electron chi connectivity index (χ2n) is 5.47. The van der Waals surface area contributed by atoms with Crippen LogP contribution in [0.2, 0.25) is 0 Å². The van der Waals surface area contributed by atoms with Gasteiger partial charge in [-0.1, -0.05) is 17.8 Å². The van der Waals surface area contributed by atoms with Crippen molar-refractivity contribution in [2.75, 3.05) is 12.4 Å². The molecule has 0 radical (unpaired) electrons. The second kappa shape index (κ2) is 7.10. The van der Waals surface area contributed by atoms with E-state index in [9.17, 15) is 9.59 Å². The van der Waals surface area contributed by atoms with Crippen LogP contribution < -0.4 is 0 Å². The van der Waals surface area contributed by atoms with Gasteiger partial charge in [0.2, 0.25) is 0 Å². The summed E-state index contributed by atoms with van der Waals surface area (Å²) in [7, 11) is 0. The first-order valence-corrected chi connectivity index (χ1v) is 8.83. The number of esters is 1. The first-order valence-electron chi connectivity index (χ1n) is 7.85. The maximum Gasteiger partial charge on any atom is 0.340 e. The predicted molar refractivity (Wildman–Crippen MR) is 94.3 cm³/mol. The number of hydrogen-bond acceptors (Lipinski definition) is 6. The van der Waals surface area contributed by atoms with Crippen LogP contribution in [0.5, 0.6) is 0 Å². The van der Waals surface area contributed by atoms with Gasteiger partial charge >= 0.3 is 5.97 Å². The zero-order chi connectivity index (χ0) is 18.0. The van der Waals surface area contributed by atoms with Crippen molar-refractivity contribution in [3.63, 3.8) is 0 Å². The van der Waals surface area contributed by atoms with E-state index in [2.05, 4.69) is 15.2 Å². The molecule has 0 fully saturated rings. The van der Waals surface area contributed by atoms with Gasteiger partial charge in [0.25, 0.3) is 0 Å². The number of Topliss-reactive ketones (excluding diaryl/α,β-unsaturated/α-hetero) is 1. The number of carbonyl (C=O) groups excluding carboxylic acids is 2. The molecule has 0 bridgehead atoms. The van der Waals surface area contributed by atoms with E-state index in [-0.39, 0.29) is 18.1 Å². The van der Waals surface area contributed by atoms with Gasteiger partial charge in [0.15, 0.2) is 16.6 Å². The zero-order valence-corrected chi connectivity index (χ0v) is 15.0. The number of pyridine rings is 1. The van der Waals surface area contributed by atoms with Crippen LogP contribution in [0.4, 0.5) is 0 Å². The van der Waals surface area contributed by atoms with E-state index >= 15 is 0 Å². The van der Waals surface area contributed by atoms with Crippen LogP contribution >= 0.6 is 11.8 Å². The molecule has 8 heteroatoms. The Morgan fingerprint density at radius 1 is 1.20 bits per heavy atom. The molecule has 3 heterocycles. The maximum atomic E-state index is 12.7. The Hall–Kier alpha value is -2.61. The Balaban J connectivity index is 1.83. The maximum absolute atomic E-state index is 12.7. The fraction of sp³-hybridized carbons (Fsp3) is 0.294. The summed E-state index contributed by atoms with van der Waals surface area (Å²) >= 11 is 1.29. The van der Waals surface area contributed by atoms with Gasteiger partial charge in [-0.2, -0.15) is 0 Å². The summed E-state index contributed by atoms with van der Waals surface area (Å²) in [6.07, 6.45) is 1.85. The number of nitrogens with zero attached hydrogens (tertiary/aromatic N) is 3. The number of thioether (sulfide) groups is 1. The van der Waals surface area contributed by atoms with Crippen molar-refractivity contribution in [3.8, 4) is 0 Å². The van der Waals surface area contributed by atoms with Gasteiger partial charge in [0.1, 0.15) is 0 Å². The molecule has 0 amide bonds. The fourth-order valence-corrected chi connectivity index (χ4v) is 3.50. The van der Waals surface area contributed by atoms with E-state index in [0.717, 1.165) is 5.65 Å². The number of aromatic nitrogens is 4. The molecule has 0 aliphatic rings. The average Bonchev–Trinajstić information content (AvgIpc) is 3.13. The SMILES string of the molecule is CCOC(=O)c1c(C)[nH]c(C)c1C(=O)CSc1nnc2ccccn12. The lowest BCUT2D eigenvalue weighted by Crippen LogP contribution is -2.13. The molecule has 7 nitrogen and oxygen atoms in total. The van der Waals surface area contributed by atoms with E-state index in [1.807, 2.05) is 28.8 Å². The Kier molecular flexibility index (Phi) is 4.89. The first kappa shape index (κ1) is 17.2. The number of ether oxygens (including phenoxy) is 1. The van der Waals surface area contributed by atoms with E-state index in [4.69, 9.17) is 4.74 Å². The topological polar surface area (TPSA) is 89.4 Å². The number of H-pyrrole nitrogens is 1. The molecule has 0 aliphatic carbocycles. The van der Waals surface area contributed by atoms with Crippen LogP contribution in [0, 0.1) is 13.8 Å². The molecule has 0 aliphatic heterocycles. The summed E-state index contributed by atoms with van der Waals surface area (Å²) in [6, 6.07) is 5.60. The quantitative estimate of drug-likeness (QED) is 0.414. The number of rotatable bonds is 6. The minimum atomic E-state index is -0.481. The summed E-state index contributed by atoms with van der Waals surface area (Å²) in [4.78, 5) is 28.0. The van der Waals surface area contributed by atoms with Gasteiger partial charge in [-0.25, -0.2) is 4.79 Å². The van der Waals surface area contributed by atoms with Crippen LogP contribution in [0.1, 0.15) is 39.0 Å². The van der Waals surface area contributed by atoms with E-state index in [0.29, 0.717) is 27.7 Å². The molecular weight excluding hydrogens is 340 g/mol. The predicted octanol–water partition coefficient (Wildman–Crippen LogP) is 2.83. The standard InChI is InChI=1S/C17H18N4O3S/c1-4-24-16(23)15-11(3)18-10(2)14(15)12(22)9-25-17-20-19-13-7-5-6-8-21(13)17/h5-8,18H,4,9H2,1-3H3. The number of ketones is 1. The Morgan fingerprint density at radius 3 is 2.72 bits per heavy atom. The van der Waals surface area contributed by atoms with E-state index < -0.39 is 5.97 Å². The summed E-state index contributed by atoms with van der Waals surface area (Å²) < 4.78 is 6.90. The highest BCUT2D eigenvalue weighted by Gasteiger charge is 2.25. The largest absolute Gasteiger partial charge is 0.462 e. The smallest absolute Gasteiger partial charge is 0.340 e. The van der Waals surface area contributed by atoms with Gasteiger partial charge in [0.05, 0.1) is 23.5 Å². The van der Waals surface area contributed by atoms with Crippen molar-refractivity contribution in [2.45, 2.75) is 25.9 Å². The number of fused-ring (bicyclic) bond motifs is 1. The van der Waals surface area contributed by atoms with Gasteiger partial charge in [-0.05, 0) is 32.9 Å². The summed E-state index contributed by atoms with van der Waals surface area (Å²) in [6.45, 7) is 5.53. The molecule has 3 rings (SSSR count). The van der Waals surface area contributed by atoms with Crippen LogP contribution in [-0.4, -0.2) is 43.7 Å². The highest BCUT2D eigenvalue weighted by Crippen LogP contribution is 2.24. The Morgan fingerprint density at radius 2 is 1.96 bits per heavy atom. The van der Waals surface area contributed by atoms with E-state index in [1.54, 1.807) is 20.8 Å². The molecule has 1 N–H and O–H groups in total. The van der Waals surface area contributed by atoms with Gasteiger partial charge in [-0.15, -0.1) is 10.2 Å². The van der Waals surface area contributed by atoms with Crippen LogP contribution in [0.3, 0.4) is 0 Å². The molecule has 0 saturated carbocycles. The Bertz CT molecular complexity index is 945. The molecule has 3 aromatic rings. The van der Waals surface area contributed by atoms with Crippen LogP contribution in [-0.2, 0) is 4.74 Å². The third-order valence-electron chi connectivity index (χ3n) is 3.75. The second-order valence-corrected chi connectivity index (χ2v) is 6.41. The zero-order valence-electron chi connectivity index (χ0n) is 14.2. The van der Waals surface area contributed by atoms with Crippen molar-refractivity contribution in [1.82, 2.24) is 19.6 Å². The van der Waals surface area contributed by atoms with Crippen LogP contribution in [0.25, 0.3) is 5.65 Å². The molecule has 0 saturated heterocycles. The van der Waals surface area contributed by atoms with Gasteiger partial charge in [-0.3, -0.25) is 9.20 Å². The van der Waals surface area contributed by atoms with Crippen molar-refractivity contribution in [1.29, 1.82) is 0 Å². The molecule has 130 valence electrons. The third kappa shape index (κ3) is 3.30. The van der Waals surface area contributed by atoms with Crippen molar-refractivity contribution >= 4 is 29.2 Å². The van der Waals surface area contributed by atoms with Crippen molar-refractivity contribution in [3.05, 3.63) is 46.9 Å². The normalized spacial score (nSPS) is 11.0.